The second kappa shape index (κ2) is 6.91. The molecular weight excluding hydrogens is 373 g/mol. The Kier molecular flexibility index (Phi) is 4.42. The van der Waals surface area contributed by atoms with Gasteiger partial charge in [-0.05, 0) is 54.1 Å². The number of urea groups is 1. The minimum atomic E-state index is -4.49. The summed E-state index contributed by atoms with van der Waals surface area (Å²) in [4.78, 5) is 12.2. The summed E-state index contributed by atoms with van der Waals surface area (Å²) in [5.41, 5.74) is 1.66. The van der Waals surface area contributed by atoms with Crippen molar-refractivity contribution in [2.45, 2.75) is 12.6 Å². The summed E-state index contributed by atoms with van der Waals surface area (Å²) in [5.74, 6) is 0.828. The van der Waals surface area contributed by atoms with Crippen LogP contribution in [-0.4, -0.2) is 22.4 Å². The first kappa shape index (κ1) is 17.9. The third-order valence-corrected chi connectivity index (χ3v) is 4.22. The number of hydrogen-bond acceptors (Lipinski definition) is 3. The molecule has 2 amide bonds. The topological polar surface area (TPSA) is 68.2 Å². The minimum Gasteiger partial charge on any atom is -0.493 e. The molecular formula is C19H15F3N4O2. The van der Waals surface area contributed by atoms with Crippen molar-refractivity contribution in [3.8, 4) is 11.4 Å². The van der Waals surface area contributed by atoms with Crippen LogP contribution in [0.1, 0.15) is 11.3 Å². The fourth-order valence-corrected chi connectivity index (χ4v) is 2.87. The van der Waals surface area contributed by atoms with E-state index in [4.69, 9.17) is 4.74 Å². The quantitative estimate of drug-likeness (QED) is 0.696. The summed E-state index contributed by atoms with van der Waals surface area (Å²) < 4.78 is 44.5. The molecule has 3 aromatic rings. The largest absolute Gasteiger partial charge is 0.493 e. The number of alkyl halides is 3. The zero-order chi connectivity index (χ0) is 19.7. The van der Waals surface area contributed by atoms with E-state index >= 15 is 0 Å². The Hall–Kier alpha value is -3.49. The molecule has 144 valence electrons. The van der Waals surface area contributed by atoms with Crippen LogP contribution in [0.15, 0.2) is 54.7 Å². The van der Waals surface area contributed by atoms with Gasteiger partial charge in [-0.1, -0.05) is 0 Å². The zero-order valence-corrected chi connectivity index (χ0v) is 14.5. The molecule has 0 aliphatic carbocycles. The van der Waals surface area contributed by atoms with Crippen molar-refractivity contribution in [1.29, 1.82) is 0 Å². The van der Waals surface area contributed by atoms with Gasteiger partial charge in [0.25, 0.3) is 0 Å². The number of fused-ring (bicyclic) bond motifs is 1. The summed E-state index contributed by atoms with van der Waals surface area (Å²) in [6.45, 7) is 0.637. The first-order chi connectivity index (χ1) is 13.4. The number of anilines is 2. The van der Waals surface area contributed by atoms with Crippen LogP contribution >= 0.6 is 0 Å². The second-order valence-electron chi connectivity index (χ2n) is 6.19. The lowest BCUT2D eigenvalue weighted by Crippen LogP contribution is -2.19. The van der Waals surface area contributed by atoms with Gasteiger partial charge in [-0.25, -0.2) is 9.48 Å². The van der Waals surface area contributed by atoms with Gasteiger partial charge < -0.3 is 15.4 Å². The number of rotatable bonds is 3. The average Bonchev–Trinajstić information content (AvgIpc) is 3.31. The number of carbonyl (C=O) groups is 1. The molecule has 0 radical (unpaired) electrons. The summed E-state index contributed by atoms with van der Waals surface area (Å²) in [5, 5.41) is 8.92. The Bertz CT molecular complexity index is 1010. The number of aromatic nitrogens is 2. The molecule has 0 saturated carbocycles. The molecule has 1 aliphatic heterocycles. The molecule has 0 atom stereocenters. The maximum atomic E-state index is 12.6. The maximum Gasteiger partial charge on any atom is 0.435 e. The molecule has 1 aromatic heterocycles. The number of nitrogens with one attached hydrogen (secondary N) is 2. The van der Waals surface area contributed by atoms with E-state index in [0.29, 0.717) is 23.7 Å². The summed E-state index contributed by atoms with van der Waals surface area (Å²) in [7, 11) is 0. The highest BCUT2D eigenvalue weighted by atomic mass is 19.4. The van der Waals surface area contributed by atoms with Gasteiger partial charge in [-0.3, -0.25) is 0 Å². The first-order valence-electron chi connectivity index (χ1n) is 8.45. The van der Waals surface area contributed by atoms with Crippen LogP contribution in [0, 0.1) is 0 Å². The van der Waals surface area contributed by atoms with E-state index in [-0.39, 0.29) is 0 Å². The van der Waals surface area contributed by atoms with Crippen LogP contribution in [0.3, 0.4) is 0 Å². The highest BCUT2D eigenvalue weighted by Crippen LogP contribution is 2.29. The van der Waals surface area contributed by atoms with Gasteiger partial charge >= 0.3 is 12.2 Å². The van der Waals surface area contributed by atoms with Crippen molar-refractivity contribution in [1.82, 2.24) is 9.78 Å². The highest BCUT2D eigenvalue weighted by Gasteiger charge is 2.33. The molecule has 2 heterocycles. The fourth-order valence-electron chi connectivity index (χ4n) is 2.87. The molecule has 28 heavy (non-hydrogen) atoms. The molecule has 0 unspecified atom stereocenters. The number of nitrogens with zero attached hydrogens (tertiary/aromatic N) is 2. The summed E-state index contributed by atoms with van der Waals surface area (Å²) >= 11 is 0. The third-order valence-electron chi connectivity index (χ3n) is 4.22. The minimum absolute atomic E-state index is 0.426. The smallest absolute Gasteiger partial charge is 0.435 e. The van der Waals surface area contributed by atoms with E-state index in [1.165, 1.54) is 6.20 Å². The first-order valence-corrected chi connectivity index (χ1v) is 8.45. The lowest BCUT2D eigenvalue weighted by molar-refractivity contribution is -0.141. The molecule has 1 aliphatic rings. The monoisotopic (exact) mass is 388 g/mol. The van der Waals surface area contributed by atoms with Crippen molar-refractivity contribution in [2.24, 2.45) is 0 Å². The molecule has 0 spiro atoms. The van der Waals surface area contributed by atoms with Crippen molar-refractivity contribution in [2.75, 3.05) is 17.2 Å². The summed E-state index contributed by atoms with van der Waals surface area (Å²) in [6, 6.07) is 12.2. The fraction of sp³-hybridized carbons (Fsp3) is 0.158. The molecule has 9 heteroatoms. The van der Waals surface area contributed by atoms with E-state index in [1.807, 2.05) is 12.1 Å². The van der Waals surface area contributed by atoms with E-state index in [0.717, 1.165) is 28.5 Å². The van der Waals surface area contributed by atoms with Crippen LogP contribution in [0.5, 0.6) is 5.75 Å². The second-order valence-corrected chi connectivity index (χ2v) is 6.19. The Labute approximate surface area is 157 Å². The molecule has 0 saturated heterocycles. The summed E-state index contributed by atoms with van der Waals surface area (Å²) in [6.07, 6.45) is -2.46. The van der Waals surface area contributed by atoms with Gasteiger partial charge in [0.15, 0.2) is 5.69 Å². The Morgan fingerprint density at radius 2 is 1.75 bits per heavy atom. The van der Waals surface area contributed by atoms with Crippen molar-refractivity contribution in [3.63, 3.8) is 0 Å². The van der Waals surface area contributed by atoms with Crippen molar-refractivity contribution < 1.29 is 22.7 Å². The lowest BCUT2D eigenvalue weighted by Gasteiger charge is -2.09. The van der Waals surface area contributed by atoms with Gasteiger partial charge in [0.05, 0.1) is 12.3 Å². The highest BCUT2D eigenvalue weighted by molar-refractivity contribution is 5.99. The van der Waals surface area contributed by atoms with Crippen molar-refractivity contribution >= 4 is 17.4 Å². The van der Waals surface area contributed by atoms with Crippen LogP contribution in [-0.2, 0) is 12.6 Å². The van der Waals surface area contributed by atoms with Crippen molar-refractivity contribution in [3.05, 3.63) is 66.0 Å². The third kappa shape index (κ3) is 3.78. The Morgan fingerprint density at radius 1 is 1.04 bits per heavy atom. The molecule has 0 bridgehead atoms. The Balaban J connectivity index is 1.40. The molecule has 2 N–H and O–H groups in total. The molecule has 4 rings (SSSR count). The standard InChI is InChI=1S/C19H15F3N4O2/c20-19(21,22)17-7-9-26(25-17)15-4-1-13(2-5-15)23-18(27)24-14-3-6-16-12(11-14)8-10-28-16/h1-7,9,11H,8,10H2,(H2,23,24,27). The predicted molar refractivity (Wildman–Crippen MR) is 96.8 cm³/mol. The Morgan fingerprint density at radius 3 is 2.46 bits per heavy atom. The zero-order valence-electron chi connectivity index (χ0n) is 14.5. The van der Waals surface area contributed by atoms with Gasteiger partial charge in [0.2, 0.25) is 0 Å². The number of ether oxygens (including phenoxy) is 1. The van der Waals surface area contributed by atoms with Crippen LogP contribution in [0.25, 0.3) is 5.69 Å². The lowest BCUT2D eigenvalue weighted by atomic mass is 10.1. The van der Waals surface area contributed by atoms with Gasteiger partial charge in [-0.2, -0.15) is 18.3 Å². The molecule has 6 nitrogen and oxygen atoms in total. The van der Waals surface area contributed by atoms with E-state index in [1.54, 1.807) is 30.3 Å². The predicted octanol–water partition coefficient (Wildman–Crippen LogP) is 4.47. The van der Waals surface area contributed by atoms with Crippen LogP contribution in [0.4, 0.5) is 29.3 Å². The van der Waals surface area contributed by atoms with E-state index in [9.17, 15) is 18.0 Å². The number of carbonyl (C=O) groups excluding carboxylic acids is 1. The number of hydrogen-bond donors (Lipinski definition) is 2. The van der Waals surface area contributed by atoms with Crippen LogP contribution < -0.4 is 15.4 Å². The van der Waals surface area contributed by atoms with E-state index < -0.39 is 17.9 Å². The normalized spacial score (nSPS) is 13.0. The molecule has 2 aromatic carbocycles. The van der Waals surface area contributed by atoms with Gasteiger partial charge in [0, 0.05) is 24.0 Å². The number of halogens is 3. The van der Waals surface area contributed by atoms with E-state index in [2.05, 4.69) is 15.7 Å². The maximum absolute atomic E-state index is 12.6. The average molecular weight is 388 g/mol. The SMILES string of the molecule is O=C(Nc1ccc(-n2ccc(C(F)(F)F)n2)cc1)Nc1ccc2c(c1)CCO2. The number of benzene rings is 2. The number of amides is 2. The van der Waals surface area contributed by atoms with Crippen LogP contribution in [0.2, 0.25) is 0 Å². The van der Waals surface area contributed by atoms with Gasteiger partial charge in [-0.15, -0.1) is 0 Å². The molecule has 0 fully saturated rings. The van der Waals surface area contributed by atoms with Gasteiger partial charge in [0.1, 0.15) is 5.75 Å².